The summed E-state index contributed by atoms with van der Waals surface area (Å²) in [6.45, 7) is 3.50. The molecule has 0 spiro atoms. The minimum atomic E-state index is -0.493. The zero-order chi connectivity index (χ0) is 20.5. The van der Waals surface area contributed by atoms with Gasteiger partial charge in [0.1, 0.15) is 5.69 Å². The first-order valence-corrected chi connectivity index (χ1v) is 8.93. The first kappa shape index (κ1) is 18.7. The molecule has 1 N–H and O–H groups in total. The van der Waals surface area contributed by atoms with Crippen LogP contribution < -0.4 is 10.1 Å². The lowest BCUT2D eigenvalue weighted by atomic mass is 10.1. The van der Waals surface area contributed by atoms with E-state index < -0.39 is 11.9 Å². The average molecular weight is 395 g/mol. The van der Waals surface area contributed by atoms with Crippen LogP contribution in [0.2, 0.25) is 0 Å². The highest BCUT2D eigenvalue weighted by atomic mass is 19.1. The Labute approximate surface area is 165 Å². The van der Waals surface area contributed by atoms with Gasteiger partial charge in [0.2, 0.25) is 0 Å². The summed E-state index contributed by atoms with van der Waals surface area (Å²) in [5.41, 5.74) is 2.19. The van der Waals surface area contributed by atoms with Crippen molar-refractivity contribution in [2.75, 3.05) is 7.11 Å². The Kier molecular flexibility index (Phi) is 4.75. The Morgan fingerprint density at radius 3 is 2.79 bits per heavy atom. The molecule has 1 unspecified atom stereocenters. The van der Waals surface area contributed by atoms with E-state index >= 15 is 0 Å². The monoisotopic (exact) mass is 395 g/mol. The van der Waals surface area contributed by atoms with Crippen LogP contribution in [0.25, 0.3) is 22.6 Å². The fourth-order valence-corrected chi connectivity index (χ4v) is 3.13. The van der Waals surface area contributed by atoms with Crippen molar-refractivity contribution in [2.24, 2.45) is 0 Å². The molecule has 8 heteroatoms. The molecular formula is C21H18FN3O4. The molecule has 0 saturated carbocycles. The molecule has 29 heavy (non-hydrogen) atoms. The number of amides is 1. The van der Waals surface area contributed by atoms with Crippen molar-refractivity contribution in [3.05, 3.63) is 65.3 Å². The molecule has 4 aromatic rings. The Morgan fingerprint density at radius 2 is 2.10 bits per heavy atom. The molecule has 0 aliphatic carbocycles. The van der Waals surface area contributed by atoms with Gasteiger partial charge in [-0.2, -0.15) is 0 Å². The topological polar surface area (TPSA) is 90.4 Å². The number of hydrogen-bond donors (Lipinski definition) is 1. The number of carbonyl (C=O) groups excluding carboxylic acids is 1. The molecular weight excluding hydrogens is 377 g/mol. The average Bonchev–Trinajstić information content (AvgIpc) is 3.37. The molecule has 0 saturated heterocycles. The minimum Gasteiger partial charge on any atom is -0.494 e. The fraction of sp³-hybridized carbons (Fsp3) is 0.190. The van der Waals surface area contributed by atoms with Crippen LogP contribution in [0.5, 0.6) is 5.75 Å². The van der Waals surface area contributed by atoms with Gasteiger partial charge in [-0.25, -0.2) is 9.37 Å². The molecule has 0 aliphatic rings. The first-order chi connectivity index (χ1) is 14.0. The van der Waals surface area contributed by atoms with Gasteiger partial charge >= 0.3 is 0 Å². The second kappa shape index (κ2) is 7.38. The van der Waals surface area contributed by atoms with Crippen molar-refractivity contribution >= 4 is 17.0 Å². The number of carbonyl (C=O) groups is 1. The summed E-state index contributed by atoms with van der Waals surface area (Å²) < 4.78 is 29.6. The maximum Gasteiger partial charge on any atom is 0.259 e. The highest BCUT2D eigenvalue weighted by Gasteiger charge is 2.22. The molecule has 3 aromatic heterocycles. The van der Waals surface area contributed by atoms with Crippen molar-refractivity contribution in [3.63, 3.8) is 0 Å². The van der Waals surface area contributed by atoms with Crippen LogP contribution in [0, 0.1) is 12.7 Å². The molecule has 148 valence electrons. The van der Waals surface area contributed by atoms with Gasteiger partial charge in [-0.3, -0.25) is 4.79 Å². The third-order valence-electron chi connectivity index (χ3n) is 4.66. The predicted molar refractivity (Wildman–Crippen MR) is 103 cm³/mol. The number of nitrogens with one attached hydrogen (secondary N) is 1. The Morgan fingerprint density at radius 1 is 1.28 bits per heavy atom. The molecule has 1 atom stereocenters. The molecule has 3 heterocycles. The van der Waals surface area contributed by atoms with E-state index in [1.165, 1.54) is 25.5 Å². The Bertz CT molecular complexity index is 1180. The summed E-state index contributed by atoms with van der Waals surface area (Å²) in [6.07, 6.45) is 1.52. The number of hydrogen-bond acceptors (Lipinski definition) is 6. The van der Waals surface area contributed by atoms with Gasteiger partial charge in [0.25, 0.3) is 11.6 Å². The van der Waals surface area contributed by atoms with E-state index in [1.54, 1.807) is 38.1 Å². The standard InChI is InChI=1S/C21H18FN3O4/c1-11(13-6-7-17(27-3)15(22)9-13)23-20(26)14-10-16(18-5-4-8-28-18)24-21-19(14)12(2)25-29-21/h4-11H,1-3H3,(H,23,26). The largest absolute Gasteiger partial charge is 0.494 e. The molecule has 0 bridgehead atoms. The number of benzene rings is 1. The number of aryl methyl sites for hydroxylation is 1. The van der Waals surface area contributed by atoms with Gasteiger partial charge in [-0.1, -0.05) is 11.2 Å². The van der Waals surface area contributed by atoms with Crippen LogP contribution in [0.1, 0.15) is 34.6 Å². The third kappa shape index (κ3) is 3.44. The maximum absolute atomic E-state index is 14.0. The molecule has 7 nitrogen and oxygen atoms in total. The molecule has 0 radical (unpaired) electrons. The van der Waals surface area contributed by atoms with Gasteiger partial charge in [0.05, 0.1) is 36.1 Å². The number of ether oxygens (including phenoxy) is 1. The van der Waals surface area contributed by atoms with E-state index in [4.69, 9.17) is 13.7 Å². The fourth-order valence-electron chi connectivity index (χ4n) is 3.13. The number of furan rings is 1. The molecule has 1 amide bonds. The summed E-state index contributed by atoms with van der Waals surface area (Å²) >= 11 is 0. The number of methoxy groups -OCH3 is 1. The van der Waals surface area contributed by atoms with Crippen LogP contribution in [-0.2, 0) is 0 Å². The van der Waals surface area contributed by atoms with E-state index in [-0.39, 0.29) is 17.4 Å². The van der Waals surface area contributed by atoms with Crippen molar-refractivity contribution in [1.82, 2.24) is 15.5 Å². The Balaban J connectivity index is 1.69. The number of nitrogens with zero attached hydrogens (tertiary/aromatic N) is 2. The van der Waals surface area contributed by atoms with Crippen molar-refractivity contribution in [3.8, 4) is 17.2 Å². The van der Waals surface area contributed by atoms with Crippen LogP contribution in [-0.4, -0.2) is 23.2 Å². The summed E-state index contributed by atoms with van der Waals surface area (Å²) in [5.74, 6) is -0.209. The zero-order valence-corrected chi connectivity index (χ0v) is 16.0. The number of pyridine rings is 1. The zero-order valence-electron chi connectivity index (χ0n) is 16.0. The maximum atomic E-state index is 14.0. The molecule has 1 aromatic carbocycles. The minimum absolute atomic E-state index is 0.145. The highest BCUT2D eigenvalue weighted by Crippen LogP contribution is 2.28. The van der Waals surface area contributed by atoms with E-state index in [9.17, 15) is 9.18 Å². The lowest BCUT2D eigenvalue weighted by molar-refractivity contribution is 0.0941. The SMILES string of the molecule is COc1ccc(C(C)NC(=O)c2cc(-c3ccco3)nc3onc(C)c23)cc1F. The smallest absolute Gasteiger partial charge is 0.259 e. The number of fused-ring (bicyclic) bond motifs is 1. The second-order valence-electron chi connectivity index (χ2n) is 6.57. The summed E-state index contributed by atoms with van der Waals surface area (Å²) in [5, 5.41) is 7.32. The van der Waals surface area contributed by atoms with Crippen molar-refractivity contribution < 1.29 is 22.9 Å². The summed E-state index contributed by atoms with van der Waals surface area (Å²) in [7, 11) is 1.40. The number of aromatic nitrogens is 2. The lowest BCUT2D eigenvalue weighted by Gasteiger charge is -2.16. The summed E-state index contributed by atoms with van der Waals surface area (Å²) in [4.78, 5) is 17.4. The highest BCUT2D eigenvalue weighted by molar-refractivity contribution is 6.07. The molecule has 0 aliphatic heterocycles. The van der Waals surface area contributed by atoms with E-state index in [2.05, 4.69) is 15.5 Å². The van der Waals surface area contributed by atoms with E-state index in [0.717, 1.165) is 0 Å². The quantitative estimate of drug-likeness (QED) is 0.538. The first-order valence-electron chi connectivity index (χ1n) is 8.93. The van der Waals surface area contributed by atoms with Crippen LogP contribution in [0.3, 0.4) is 0 Å². The Hall–Kier alpha value is -3.68. The van der Waals surface area contributed by atoms with E-state index in [1.807, 2.05) is 0 Å². The number of rotatable bonds is 5. The van der Waals surface area contributed by atoms with Gasteiger partial charge in [-0.15, -0.1) is 0 Å². The van der Waals surface area contributed by atoms with Crippen LogP contribution in [0.4, 0.5) is 4.39 Å². The predicted octanol–water partition coefficient (Wildman–Crippen LogP) is 4.43. The van der Waals surface area contributed by atoms with Gasteiger partial charge < -0.3 is 19.0 Å². The molecule has 0 fully saturated rings. The number of halogens is 1. The lowest BCUT2D eigenvalue weighted by Crippen LogP contribution is -2.27. The van der Waals surface area contributed by atoms with Crippen molar-refractivity contribution in [1.29, 1.82) is 0 Å². The van der Waals surface area contributed by atoms with Gasteiger partial charge in [0, 0.05) is 0 Å². The van der Waals surface area contributed by atoms with E-state index in [0.29, 0.717) is 33.7 Å². The third-order valence-corrected chi connectivity index (χ3v) is 4.66. The van der Waals surface area contributed by atoms with Crippen molar-refractivity contribution in [2.45, 2.75) is 19.9 Å². The van der Waals surface area contributed by atoms with Gasteiger partial charge in [-0.05, 0) is 49.7 Å². The van der Waals surface area contributed by atoms with Crippen LogP contribution >= 0.6 is 0 Å². The second-order valence-corrected chi connectivity index (χ2v) is 6.57. The molecule has 4 rings (SSSR count). The van der Waals surface area contributed by atoms with Gasteiger partial charge in [0.15, 0.2) is 17.3 Å². The van der Waals surface area contributed by atoms with Crippen LogP contribution in [0.15, 0.2) is 51.6 Å². The normalized spacial score (nSPS) is 12.1. The summed E-state index contributed by atoms with van der Waals surface area (Å²) in [6, 6.07) is 9.21.